The standard InChI is InChI=1S/C9H15N5O/c1-2-8-7-14(12-11-8)6-5-13-4-3-10-9(13)15/h7H,2-6H2,1H3,(H,10,15). The third kappa shape index (κ3) is 2.26. The van der Waals surface area contributed by atoms with Crippen LogP contribution in [-0.2, 0) is 13.0 Å². The van der Waals surface area contributed by atoms with Crippen molar-refractivity contribution in [2.75, 3.05) is 19.6 Å². The Balaban J connectivity index is 1.84. The third-order valence-electron chi connectivity index (χ3n) is 2.49. The van der Waals surface area contributed by atoms with Gasteiger partial charge in [-0.15, -0.1) is 5.10 Å². The van der Waals surface area contributed by atoms with Crippen LogP contribution in [0, 0.1) is 0 Å². The highest BCUT2D eigenvalue weighted by Gasteiger charge is 2.18. The number of urea groups is 1. The van der Waals surface area contributed by atoms with Crippen molar-refractivity contribution in [3.05, 3.63) is 11.9 Å². The van der Waals surface area contributed by atoms with Crippen LogP contribution < -0.4 is 5.32 Å². The normalized spacial score (nSPS) is 15.8. The number of nitrogens with one attached hydrogen (secondary N) is 1. The number of aromatic nitrogens is 3. The number of aryl methyl sites for hydroxylation is 1. The summed E-state index contributed by atoms with van der Waals surface area (Å²) in [4.78, 5) is 13.0. The fraction of sp³-hybridized carbons (Fsp3) is 0.667. The molecule has 0 atom stereocenters. The molecule has 0 aliphatic carbocycles. The first-order valence-corrected chi connectivity index (χ1v) is 5.21. The second-order valence-corrected chi connectivity index (χ2v) is 3.55. The van der Waals surface area contributed by atoms with Crippen LogP contribution in [0.25, 0.3) is 0 Å². The van der Waals surface area contributed by atoms with Gasteiger partial charge in [0, 0.05) is 25.8 Å². The van der Waals surface area contributed by atoms with Gasteiger partial charge in [-0.05, 0) is 6.42 Å². The molecular formula is C9H15N5O. The lowest BCUT2D eigenvalue weighted by molar-refractivity contribution is 0.215. The van der Waals surface area contributed by atoms with Gasteiger partial charge in [0.1, 0.15) is 0 Å². The molecule has 1 N–H and O–H groups in total. The van der Waals surface area contributed by atoms with Crippen molar-refractivity contribution in [3.8, 4) is 0 Å². The van der Waals surface area contributed by atoms with E-state index < -0.39 is 0 Å². The lowest BCUT2D eigenvalue weighted by Crippen LogP contribution is -2.31. The molecule has 82 valence electrons. The first-order chi connectivity index (χ1) is 7.29. The fourth-order valence-corrected chi connectivity index (χ4v) is 1.56. The van der Waals surface area contributed by atoms with Gasteiger partial charge in [-0.2, -0.15) is 0 Å². The number of hydrogen-bond donors (Lipinski definition) is 1. The second-order valence-electron chi connectivity index (χ2n) is 3.55. The molecule has 2 amide bonds. The summed E-state index contributed by atoms with van der Waals surface area (Å²) in [6.07, 6.45) is 2.82. The van der Waals surface area contributed by atoms with Crippen LogP contribution in [0.3, 0.4) is 0 Å². The molecule has 1 aliphatic rings. The van der Waals surface area contributed by atoms with Gasteiger partial charge in [-0.1, -0.05) is 12.1 Å². The number of hydrogen-bond acceptors (Lipinski definition) is 3. The van der Waals surface area contributed by atoms with E-state index in [0.29, 0.717) is 13.1 Å². The SMILES string of the molecule is CCc1cn(CCN2CCNC2=O)nn1. The zero-order valence-corrected chi connectivity index (χ0v) is 8.81. The van der Waals surface area contributed by atoms with Crippen molar-refractivity contribution in [2.45, 2.75) is 19.9 Å². The maximum absolute atomic E-state index is 11.2. The van der Waals surface area contributed by atoms with Crippen molar-refractivity contribution in [1.82, 2.24) is 25.2 Å². The van der Waals surface area contributed by atoms with Crippen molar-refractivity contribution < 1.29 is 4.79 Å². The van der Waals surface area contributed by atoms with Crippen LogP contribution in [0.5, 0.6) is 0 Å². The summed E-state index contributed by atoms with van der Waals surface area (Å²) in [5.74, 6) is 0. The average Bonchev–Trinajstić information content (AvgIpc) is 2.84. The molecule has 0 saturated carbocycles. The van der Waals surface area contributed by atoms with E-state index in [0.717, 1.165) is 25.2 Å². The van der Waals surface area contributed by atoms with Gasteiger partial charge in [0.25, 0.3) is 0 Å². The highest BCUT2D eigenvalue weighted by atomic mass is 16.2. The van der Waals surface area contributed by atoms with Crippen LogP contribution in [0.4, 0.5) is 4.79 Å². The summed E-state index contributed by atoms with van der Waals surface area (Å²) in [7, 11) is 0. The summed E-state index contributed by atoms with van der Waals surface area (Å²) < 4.78 is 1.78. The Hall–Kier alpha value is -1.59. The Bertz CT molecular complexity index is 348. The molecule has 1 aliphatic heterocycles. The van der Waals surface area contributed by atoms with Gasteiger partial charge < -0.3 is 10.2 Å². The predicted octanol–water partition coefficient (Wildman–Crippen LogP) is -0.134. The van der Waals surface area contributed by atoms with E-state index in [4.69, 9.17) is 0 Å². The Labute approximate surface area is 88.2 Å². The molecule has 0 radical (unpaired) electrons. The lowest BCUT2D eigenvalue weighted by Gasteiger charge is -2.12. The van der Waals surface area contributed by atoms with Crippen molar-refractivity contribution in [3.63, 3.8) is 0 Å². The fourth-order valence-electron chi connectivity index (χ4n) is 1.56. The van der Waals surface area contributed by atoms with Crippen molar-refractivity contribution in [1.29, 1.82) is 0 Å². The second kappa shape index (κ2) is 4.29. The molecule has 0 bridgehead atoms. The quantitative estimate of drug-likeness (QED) is 0.751. The molecule has 1 aromatic heterocycles. The van der Waals surface area contributed by atoms with Gasteiger partial charge in [0.2, 0.25) is 0 Å². The largest absolute Gasteiger partial charge is 0.336 e. The summed E-state index contributed by atoms with van der Waals surface area (Å²) in [6, 6.07) is 0.0193. The molecule has 1 fully saturated rings. The lowest BCUT2D eigenvalue weighted by atomic mass is 10.4. The van der Waals surface area contributed by atoms with E-state index in [1.54, 1.807) is 9.58 Å². The Kier molecular flexibility index (Phi) is 2.84. The number of carbonyl (C=O) groups excluding carboxylic acids is 1. The maximum atomic E-state index is 11.2. The highest BCUT2D eigenvalue weighted by molar-refractivity contribution is 5.76. The maximum Gasteiger partial charge on any atom is 0.317 e. The summed E-state index contributed by atoms with van der Waals surface area (Å²) in [6.45, 7) is 4.98. The molecule has 0 aromatic carbocycles. The molecule has 0 spiro atoms. The predicted molar refractivity (Wildman–Crippen MR) is 54.4 cm³/mol. The van der Waals surface area contributed by atoms with Gasteiger partial charge in [-0.25, -0.2) is 4.79 Å². The van der Waals surface area contributed by atoms with Crippen LogP contribution in [-0.4, -0.2) is 45.6 Å². The first-order valence-electron chi connectivity index (χ1n) is 5.21. The molecule has 2 rings (SSSR count). The van der Waals surface area contributed by atoms with Gasteiger partial charge in [0.05, 0.1) is 12.2 Å². The van der Waals surface area contributed by atoms with Crippen LogP contribution >= 0.6 is 0 Å². The smallest absolute Gasteiger partial charge is 0.317 e. The molecule has 1 saturated heterocycles. The molecule has 1 aromatic rings. The monoisotopic (exact) mass is 209 g/mol. The van der Waals surface area contributed by atoms with Crippen LogP contribution in [0.2, 0.25) is 0 Å². The summed E-state index contributed by atoms with van der Waals surface area (Å²) in [5, 5.41) is 10.7. The van der Waals surface area contributed by atoms with Gasteiger partial charge in [0.15, 0.2) is 0 Å². The van der Waals surface area contributed by atoms with E-state index in [1.807, 2.05) is 13.1 Å². The van der Waals surface area contributed by atoms with Gasteiger partial charge >= 0.3 is 6.03 Å². The van der Waals surface area contributed by atoms with Gasteiger partial charge in [-0.3, -0.25) is 4.68 Å². The molecule has 6 nitrogen and oxygen atoms in total. The number of rotatable bonds is 4. The van der Waals surface area contributed by atoms with Crippen LogP contribution in [0.15, 0.2) is 6.20 Å². The van der Waals surface area contributed by atoms with Crippen molar-refractivity contribution >= 4 is 6.03 Å². The van der Waals surface area contributed by atoms with Crippen molar-refractivity contribution in [2.24, 2.45) is 0 Å². The Morgan fingerprint density at radius 1 is 1.53 bits per heavy atom. The summed E-state index contributed by atoms with van der Waals surface area (Å²) in [5.41, 5.74) is 0.987. The summed E-state index contributed by atoms with van der Waals surface area (Å²) >= 11 is 0. The Morgan fingerprint density at radius 3 is 3.00 bits per heavy atom. The van der Waals surface area contributed by atoms with E-state index in [1.165, 1.54) is 0 Å². The zero-order chi connectivity index (χ0) is 10.7. The zero-order valence-electron chi connectivity index (χ0n) is 8.81. The molecular weight excluding hydrogens is 194 g/mol. The number of carbonyl (C=O) groups is 1. The minimum absolute atomic E-state index is 0.0193. The minimum atomic E-state index is 0.0193. The Morgan fingerprint density at radius 2 is 2.40 bits per heavy atom. The number of amides is 2. The molecule has 15 heavy (non-hydrogen) atoms. The van der Waals surface area contributed by atoms with E-state index in [-0.39, 0.29) is 6.03 Å². The molecule has 6 heteroatoms. The average molecular weight is 209 g/mol. The number of nitrogens with zero attached hydrogens (tertiary/aromatic N) is 4. The molecule has 2 heterocycles. The van der Waals surface area contributed by atoms with Crippen LogP contribution in [0.1, 0.15) is 12.6 Å². The highest BCUT2D eigenvalue weighted by Crippen LogP contribution is 1.98. The topological polar surface area (TPSA) is 63.0 Å². The molecule has 0 unspecified atom stereocenters. The van der Waals surface area contributed by atoms with E-state index >= 15 is 0 Å². The first kappa shape index (κ1) is 9.95. The van der Waals surface area contributed by atoms with E-state index in [2.05, 4.69) is 15.6 Å². The minimum Gasteiger partial charge on any atom is -0.336 e. The van der Waals surface area contributed by atoms with E-state index in [9.17, 15) is 4.79 Å². The third-order valence-corrected chi connectivity index (χ3v) is 2.49.